The van der Waals surface area contributed by atoms with Gasteiger partial charge in [-0.05, 0) is 0 Å². The van der Waals surface area contributed by atoms with Gasteiger partial charge in [0.25, 0.3) is 0 Å². The zero-order chi connectivity index (χ0) is 61.0. The molecule has 92 heavy (non-hydrogen) atoms. The van der Waals surface area contributed by atoms with Gasteiger partial charge in [-0.1, -0.05) is 0 Å². The number of benzene rings is 16. The van der Waals surface area contributed by atoms with Gasteiger partial charge in [-0.15, -0.1) is 0 Å². The molecule has 0 bridgehead atoms. The molecule has 2 aliphatic rings. The number of rotatable bonds is 11. The van der Waals surface area contributed by atoms with E-state index < -0.39 is 26.8 Å². The molecule has 0 amide bonds. The summed E-state index contributed by atoms with van der Waals surface area (Å²) in [4.78, 5) is 0. The third-order valence-electron chi connectivity index (χ3n) is 20.6. The average Bonchev–Trinajstić information content (AvgIpc) is 1.47. The topological polar surface area (TPSA) is 0 Å². The Balaban J connectivity index is 1.00. The molecular weight excluding hydrogens is 1200 g/mol. The van der Waals surface area contributed by atoms with Crippen LogP contribution in [0.25, 0.3) is 143 Å². The zero-order valence-electron chi connectivity index (χ0n) is 51.7. The van der Waals surface area contributed by atoms with Crippen molar-refractivity contribution in [2.75, 3.05) is 0 Å². The first-order chi connectivity index (χ1) is 45.5. The molecule has 2 atom stereocenters. The second kappa shape index (κ2) is 22.5. The molecule has 0 heterocycles. The van der Waals surface area contributed by atoms with Crippen LogP contribution in [0.4, 0.5) is 0 Å². The summed E-state index contributed by atoms with van der Waals surface area (Å²) in [5.74, 6) is -1.65. The quantitative estimate of drug-likeness (QED) is 0.0894. The molecule has 0 radical (unpaired) electrons. The standard InChI is InChI=1S/2C44H29.C2H7Si.Zr/c2*1-2-12-29(13-3-1)24-30-25-41-39(43-35-18-8-4-14-31(35)27-32-15-5-9-19-36(32)43)22-23-40(42(41)26-30)44-37-20-10-6-16-33(37)28-34-17-7-11-21-38(34)44;1-3-2;/h2*1-23,25-28H,24H2;3H,1-2H3;. The van der Waals surface area contributed by atoms with E-state index in [0.717, 1.165) is 12.8 Å². The van der Waals surface area contributed by atoms with Crippen LogP contribution in [0.5, 0.6) is 0 Å². The second-order valence-corrected chi connectivity index (χ2v) is 46.1. The fourth-order valence-electron chi connectivity index (χ4n) is 16.8. The molecule has 0 aromatic heterocycles. The summed E-state index contributed by atoms with van der Waals surface area (Å²) in [5, 5.41) is 20.7. The van der Waals surface area contributed by atoms with Gasteiger partial charge in [-0.2, -0.15) is 0 Å². The van der Waals surface area contributed by atoms with E-state index in [0.29, 0.717) is 0 Å². The van der Waals surface area contributed by atoms with Crippen LogP contribution in [0.15, 0.2) is 314 Å². The van der Waals surface area contributed by atoms with Gasteiger partial charge >= 0.3 is 551 Å². The van der Waals surface area contributed by atoms with Crippen molar-refractivity contribution < 1.29 is 20.9 Å². The van der Waals surface area contributed by atoms with Crippen molar-refractivity contribution in [3.05, 3.63) is 348 Å². The van der Waals surface area contributed by atoms with Crippen LogP contribution in [-0.4, -0.2) is 5.92 Å². The van der Waals surface area contributed by atoms with Crippen molar-refractivity contribution in [3.8, 4) is 44.5 Å². The van der Waals surface area contributed by atoms with E-state index in [2.05, 4.69) is 329 Å². The fraction of sp³-hybridized carbons (Fsp3) is 0.0667. The van der Waals surface area contributed by atoms with E-state index in [4.69, 9.17) is 0 Å². The second-order valence-electron chi connectivity index (χ2n) is 26.0. The van der Waals surface area contributed by atoms with Gasteiger partial charge in [-0.3, -0.25) is 0 Å². The predicted molar refractivity (Wildman–Crippen MR) is 395 cm³/mol. The predicted octanol–water partition coefficient (Wildman–Crippen LogP) is 24.2. The van der Waals surface area contributed by atoms with Crippen LogP contribution < -0.4 is 0 Å². The molecule has 0 saturated carbocycles. The van der Waals surface area contributed by atoms with Gasteiger partial charge in [0.1, 0.15) is 0 Å². The van der Waals surface area contributed by atoms with Gasteiger partial charge in [-0.25, -0.2) is 0 Å². The van der Waals surface area contributed by atoms with E-state index in [1.807, 2.05) is 0 Å². The van der Waals surface area contributed by atoms with Gasteiger partial charge in [0.15, 0.2) is 0 Å². The summed E-state index contributed by atoms with van der Waals surface area (Å²) in [7, 11) is 0. The van der Waals surface area contributed by atoms with Crippen LogP contribution in [0.3, 0.4) is 0 Å². The number of hydrogen-bond donors (Lipinski definition) is 0. The summed E-state index contributed by atoms with van der Waals surface area (Å²) in [6, 6.07) is 117. The molecule has 2 unspecified atom stereocenters. The Labute approximate surface area is 546 Å². The summed E-state index contributed by atoms with van der Waals surface area (Å²) in [5.41, 5.74) is 22.7. The van der Waals surface area contributed by atoms with E-state index >= 15 is 0 Å². The van der Waals surface area contributed by atoms with Crippen molar-refractivity contribution in [3.63, 3.8) is 0 Å². The zero-order valence-corrected chi connectivity index (χ0v) is 55.3. The molecule has 0 saturated heterocycles. The average molecular weight is 1270 g/mol. The first-order valence-corrected chi connectivity index (χ1v) is 42.8. The third kappa shape index (κ3) is 9.01. The third-order valence-corrected chi connectivity index (χ3v) is 42.2. The van der Waals surface area contributed by atoms with Crippen molar-refractivity contribution in [2.24, 2.45) is 0 Å². The Morgan fingerprint density at radius 2 is 0.489 bits per heavy atom. The molecule has 0 aliphatic heterocycles. The molecule has 0 spiro atoms. The first-order valence-electron chi connectivity index (χ1n) is 32.8. The molecule has 18 rings (SSSR count). The Morgan fingerprint density at radius 3 is 0.750 bits per heavy atom. The van der Waals surface area contributed by atoms with E-state index in [1.54, 1.807) is 22.3 Å². The van der Waals surface area contributed by atoms with Crippen LogP contribution in [0.2, 0.25) is 13.1 Å². The van der Waals surface area contributed by atoms with Crippen molar-refractivity contribution in [1.29, 1.82) is 0 Å². The van der Waals surface area contributed by atoms with E-state index in [9.17, 15) is 0 Å². The number of allylic oxidation sites excluding steroid dienone is 2. The molecule has 0 fully saturated rings. The Kier molecular flexibility index (Phi) is 13.5. The molecule has 16 aromatic carbocycles. The molecule has 433 valence electrons. The van der Waals surface area contributed by atoms with E-state index in [1.165, 1.54) is 153 Å². The molecule has 2 heteroatoms. The SMILES string of the molecule is C[SiH](C)[Zr]([CH]1C(Cc2ccccc2)=Cc2c(-c3c4ccccc4cc4ccccc34)ccc(-c3c4ccccc4cc4ccccc34)c21)[CH]1C(Cc2ccccc2)=Cc2c(-c3c4ccccc4cc4ccccc34)ccc(-c3c4ccccc4cc4ccccc34)c21. The van der Waals surface area contributed by atoms with Crippen LogP contribution in [-0.2, 0) is 33.8 Å². The Hall–Kier alpha value is -9.82. The molecule has 0 nitrogen and oxygen atoms in total. The van der Waals surface area contributed by atoms with Gasteiger partial charge < -0.3 is 0 Å². The fourth-order valence-corrected chi connectivity index (χ4v) is 39.4. The monoisotopic (exact) mass is 1260 g/mol. The molecule has 2 aliphatic carbocycles. The summed E-state index contributed by atoms with van der Waals surface area (Å²) < 4.78 is 0.449. The maximum absolute atomic E-state index is 3.28. The van der Waals surface area contributed by atoms with Gasteiger partial charge in [0.05, 0.1) is 0 Å². The number of hydrogen-bond acceptors (Lipinski definition) is 0. The van der Waals surface area contributed by atoms with Crippen LogP contribution in [0, 0.1) is 0 Å². The molecule has 0 N–H and O–H groups in total. The Bertz CT molecular complexity index is 5190. The van der Waals surface area contributed by atoms with Crippen molar-refractivity contribution in [1.82, 2.24) is 0 Å². The minimum absolute atomic E-state index is 0.225. The Morgan fingerprint density at radius 1 is 0.261 bits per heavy atom. The van der Waals surface area contributed by atoms with Crippen LogP contribution >= 0.6 is 0 Å². The normalized spacial score (nSPS) is 14.5. The van der Waals surface area contributed by atoms with Crippen molar-refractivity contribution >= 4 is 104 Å². The summed E-state index contributed by atoms with van der Waals surface area (Å²) in [6.07, 6.45) is 7.33. The van der Waals surface area contributed by atoms with Crippen LogP contribution in [0.1, 0.15) is 40.6 Å². The summed E-state index contributed by atoms with van der Waals surface area (Å²) >= 11 is -3.28. The minimum atomic E-state index is -3.28. The summed E-state index contributed by atoms with van der Waals surface area (Å²) in [6.45, 7) is 5.57. The molecule has 16 aromatic rings. The van der Waals surface area contributed by atoms with E-state index in [-0.39, 0.29) is 7.25 Å². The first kappa shape index (κ1) is 55.1. The molecular formula is C90H65SiZr. The number of fused-ring (bicyclic) bond motifs is 10. The van der Waals surface area contributed by atoms with Gasteiger partial charge in [0, 0.05) is 0 Å². The van der Waals surface area contributed by atoms with Gasteiger partial charge in [0.2, 0.25) is 0 Å². The maximum atomic E-state index is 2.79. The van der Waals surface area contributed by atoms with Crippen molar-refractivity contribution in [2.45, 2.75) is 33.2 Å².